The lowest BCUT2D eigenvalue weighted by atomic mass is 10.1. The Kier molecular flexibility index (Phi) is 5.44. The molecule has 1 N–H and O–H groups in total. The van der Waals surface area contributed by atoms with Crippen LogP contribution < -0.4 is 4.72 Å². The number of sulfonamides is 1. The summed E-state index contributed by atoms with van der Waals surface area (Å²) < 4.78 is 68.4. The van der Waals surface area contributed by atoms with Crippen LogP contribution in [-0.4, -0.2) is 33.2 Å². The summed E-state index contributed by atoms with van der Waals surface area (Å²) in [6.07, 6.45) is -1.39. The molecular weight excluding hydrogens is 481 g/mol. The van der Waals surface area contributed by atoms with Crippen LogP contribution in [0.4, 0.5) is 18.9 Å². The molecule has 35 heavy (non-hydrogen) atoms. The molecule has 3 aromatic heterocycles. The SMILES string of the molecule is O=S(=O)(Nc1cccc(-c2ccc3nnc(-c4cccnc4)n3n2)c1)c1cccc(C(F)(F)F)c1. The fraction of sp³-hybridized carbons (Fsp3) is 0.0435. The highest BCUT2D eigenvalue weighted by atomic mass is 32.2. The Bertz CT molecular complexity index is 1640. The van der Waals surface area contributed by atoms with Crippen LogP contribution in [-0.2, 0) is 16.2 Å². The van der Waals surface area contributed by atoms with Crippen LogP contribution >= 0.6 is 0 Å². The summed E-state index contributed by atoms with van der Waals surface area (Å²) >= 11 is 0. The van der Waals surface area contributed by atoms with Gasteiger partial charge in [-0.05, 0) is 54.6 Å². The van der Waals surface area contributed by atoms with Gasteiger partial charge in [0.05, 0.1) is 16.2 Å². The number of hydrogen-bond acceptors (Lipinski definition) is 6. The van der Waals surface area contributed by atoms with Gasteiger partial charge in [0.2, 0.25) is 0 Å². The minimum atomic E-state index is -4.66. The van der Waals surface area contributed by atoms with Gasteiger partial charge < -0.3 is 0 Å². The van der Waals surface area contributed by atoms with Gasteiger partial charge in [0.15, 0.2) is 11.5 Å². The van der Waals surface area contributed by atoms with Crippen LogP contribution in [0.15, 0.2) is 90.1 Å². The maximum absolute atomic E-state index is 13.0. The molecule has 0 aliphatic carbocycles. The number of rotatable bonds is 5. The number of halogens is 3. The summed E-state index contributed by atoms with van der Waals surface area (Å²) in [5.74, 6) is 0.483. The average Bonchev–Trinajstić information content (AvgIpc) is 3.27. The monoisotopic (exact) mass is 496 g/mol. The average molecular weight is 496 g/mol. The molecule has 0 aliphatic heterocycles. The fourth-order valence-corrected chi connectivity index (χ4v) is 4.51. The molecule has 0 radical (unpaired) electrons. The molecule has 0 amide bonds. The largest absolute Gasteiger partial charge is 0.416 e. The van der Waals surface area contributed by atoms with Crippen molar-refractivity contribution in [2.75, 3.05) is 4.72 Å². The molecule has 8 nitrogen and oxygen atoms in total. The van der Waals surface area contributed by atoms with E-state index in [4.69, 9.17) is 0 Å². The third-order valence-corrected chi connectivity index (χ3v) is 6.44. The van der Waals surface area contributed by atoms with Gasteiger partial charge >= 0.3 is 6.18 Å². The zero-order valence-electron chi connectivity index (χ0n) is 17.7. The van der Waals surface area contributed by atoms with Crippen molar-refractivity contribution < 1.29 is 21.6 Å². The lowest BCUT2D eigenvalue weighted by molar-refractivity contribution is -0.137. The number of alkyl halides is 3. The first-order valence-corrected chi connectivity index (χ1v) is 11.6. The summed E-state index contributed by atoms with van der Waals surface area (Å²) in [5.41, 5.74) is 1.41. The van der Waals surface area contributed by atoms with Crippen molar-refractivity contribution >= 4 is 21.4 Å². The third-order valence-electron chi connectivity index (χ3n) is 5.06. The Morgan fingerprint density at radius 3 is 2.43 bits per heavy atom. The van der Waals surface area contributed by atoms with Gasteiger partial charge in [-0.2, -0.15) is 22.8 Å². The molecular formula is C23H15F3N6O2S. The van der Waals surface area contributed by atoms with E-state index >= 15 is 0 Å². The fourth-order valence-electron chi connectivity index (χ4n) is 3.41. The Balaban J connectivity index is 1.48. The van der Waals surface area contributed by atoms with Crippen molar-refractivity contribution in [3.8, 4) is 22.6 Å². The molecule has 5 aromatic rings. The highest BCUT2D eigenvalue weighted by molar-refractivity contribution is 7.92. The number of aromatic nitrogens is 5. The number of hydrogen-bond donors (Lipinski definition) is 1. The normalized spacial score (nSPS) is 12.1. The highest BCUT2D eigenvalue weighted by Gasteiger charge is 2.31. The van der Waals surface area contributed by atoms with Crippen LogP contribution in [0.3, 0.4) is 0 Å². The van der Waals surface area contributed by atoms with Crippen molar-refractivity contribution in [3.05, 3.63) is 90.8 Å². The maximum atomic E-state index is 13.0. The summed E-state index contributed by atoms with van der Waals surface area (Å²) in [4.78, 5) is 3.58. The summed E-state index contributed by atoms with van der Waals surface area (Å²) in [6.45, 7) is 0. The quantitative estimate of drug-likeness (QED) is 0.379. The van der Waals surface area contributed by atoms with Crippen LogP contribution in [0, 0.1) is 0 Å². The Hall–Kier alpha value is -4.32. The molecule has 0 atom stereocenters. The van der Waals surface area contributed by atoms with E-state index in [9.17, 15) is 21.6 Å². The summed E-state index contributed by atoms with van der Waals surface area (Å²) in [6, 6.07) is 16.9. The summed E-state index contributed by atoms with van der Waals surface area (Å²) in [7, 11) is -4.27. The third kappa shape index (κ3) is 4.55. The number of benzene rings is 2. The number of pyridine rings is 1. The molecule has 3 heterocycles. The Labute approximate surface area is 197 Å². The smallest absolute Gasteiger partial charge is 0.280 e. The van der Waals surface area contributed by atoms with E-state index in [0.717, 1.165) is 18.2 Å². The van der Waals surface area contributed by atoms with E-state index in [0.29, 0.717) is 34.4 Å². The van der Waals surface area contributed by atoms with Crippen molar-refractivity contribution in [1.82, 2.24) is 24.8 Å². The molecule has 0 unspecified atom stereocenters. The van der Waals surface area contributed by atoms with Gasteiger partial charge in [-0.15, -0.1) is 10.2 Å². The number of fused-ring (bicyclic) bond motifs is 1. The minimum absolute atomic E-state index is 0.165. The minimum Gasteiger partial charge on any atom is -0.280 e. The van der Waals surface area contributed by atoms with Crippen LogP contribution in [0.25, 0.3) is 28.3 Å². The maximum Gasteiger partial charge on any atom is 0.416 e. The van der Waals surface area contributed by atoms with Crippen molar-refractivity contribution in [3.63, 3.8) is 0 Å². The molecule has 0 saturated carbocycles. The topological polar surface area (TPSA) is 102 Å². The van der Waals surface area contributed by atoms with Crippen molar-refractivity contribution in [2.45, 2.75) is 11.1 Å². The molecule has 0 spiro atoms. The molecule has 0 saturated heterocycles. The van der Waals surface area contributed by atoms with E-state index in [-0.39, 0.29) is 5.69 Å². The summed E-state index contributed by atoms with van der Waals surface area (Å²) in [5, 5.41) is 12.8. The van der Waals surface area contributed by atoms with Crippen LogP contribution in [0.1, 0.15) is 5.56 Å². The molecule has 12 heteroatoms. The number of nitrogens with one attached hydrogen (secondary N) is 1. The van der Waals surface area contributed by atoms with E-state index in [1.165, 1.54) is 12.1 Å². The van der Waals surface area contributed by atoms with Gasteiger partial charge in [0.1, 0.15) is 0 Å². The second-order valence-electron chi connectivity index (χ2n) is 7.47. The van der Waals surface area contributed by atoms with Gasteiger partial charge in [0.25, 0.3) is 10.0 Å². The molecule has 0 fully saturated rings. The zero-order valence-corrected chi connectivity index (χ0v) is 18.5. The lowest BCUT2D eigenvalue weighted by Crippen LogP contribution is -2.14. The number of anilines is 1. The Morgan fingerprint density at radius 1 is 0.857 bits per heavy atom. The number of nitrogens with zero attached hydrogens (tertiary/aromatic N) is 5. The van der Waals surface area contributed by atoms with E-state index in [1.807, 2.05) is 6.07 Å². The highest BCUT2D eigenvalue weighted by Crippen LogP contribution is 2.31. The van der Waals surface area contributed by atoms with Gasteiger partial charge in [-0.3, -0.25) is 9.71 Å². The van der Waals surface area contributed by atoms with Gasteiger partial charge in [0, 0.05) is 29.2 Å². The van der Waals surface area contributed by atoms with Crippen molar-refractivity contribution in [2.24, 2.45) is 0 Å². The molecule has 0 bridgehead atoms. The van der Waals surface area contributed by atoms with E-state index in [1.54, 1.807) is 47.2 Å². The van der Waals surface area contributed by atoms with Gasteiger partial charge in [-0.25, -0.2) is 8.42 Å². The van der Waals surface area contributed by atoms with Crippen molar-refractivity contribution in [1.29, 1.82) is 0 Å². The molecule has 5 rings (SSSR count). The first-order valence-electron chi connectivity index (χ1n) is 10.1. The zero-order chi connectivity index (χ0) is 24.6. The predicted molar refractivity (Wildman–Crippen MR) is 122 cm³/mol. The first kappa shape index (κ1) is 22.5. The molecule has 176 valence electrons. The Morgan fingerprint density at radius 2 is 1.66 bits per heavy atom. The predicted octanol–water partition coefficient (Wildman–Crippen LogP) is 4.67. The first-order chi connectivity index (χ1) is 16.7. The molecule has 0 aliphatic rings. The second-order valence-corrected chi connectivity index (χ2v) is 9.15. The van der Waals surface area contributed by atoms with Gasteiger partial charge in [-0.1, -0.05) is 18.2 Å². The van der Waals surface area contributed by atoms with E-state index in [2.05, 4.69) is 25.0 Å². The lowest BCUT2D eigenvalue weighted by Gasteiger charge is -2.12. The van der Waals surface area contributed by atoms with Crippen LogP contribution in [0.5, 0.6) is 0 Å². The van der Waals surface area contributed by atoms with E-state index < -0.39 is 26.7 Å². The van der Waals surface area contributed by atoms with Crippen LogP contribution in [0.2, 0.25) is 0 Å². The second kappa shape index (κ2) is 8.47. The standard InChI is InChI=1S/C23H15F3N6O2S/c24-23(25,26)17-6-2-8-19(13-17)35(33,34)31-18-7-1-4-15(12-18)20-9-10-21-28-29-22(32(21)30-20)16-5-3-11-27-14-16/h1-14,31H. The molecule has 2 aromatic carbocycles.